The number of allylic oxidation sites excluding steroid dienone is 3. The average molecular weight is 558 g/mol. The fraction of sp³-hybridized carbons (Fsp3) is 0.0789. The molecule has 0 spiro atoms. The predicted octanol–water partition coefficient (Wildman–Crippen LogP) is 10.7. The van der Waals surface area contributed by atoms with Crippen molar-refractivity contribution in [1.82, 2.24) is 4.57 Å². The summed E-state index contributed by atoms with van der Waals surface area (Å²) >= 11 is 1.79. The van der Waals surface area contributed by atoms with E-state index in [9.17, 15) is 0 Å². The molecule has 0 amide bonds. The highest BCUT2D eigenvalue weighted by Gasteiger charge is 2.31. The maximum absolute atomic E-state index is 5.53. The number of aromatic nitrogens is 1. The minimum absolute atomic E-state index is 0.160. The Morgan fingerprint density at radius 3 is 2.33 bits per heavy atom. The number of para-hydroxylation sites is 1. The second-order valence-electron chi connectivity index (χ2n) is 11.2. The lowest BCUT2D eigenvalue weighted by Gasteiger charge is -2.30. The van der Waals surface area contributed by atoms with Crippen molar-refractivity contribution in [2.24, 2.45) is 4.99 Å². The number of anilines is 1. The number of hydrogen-bond acceptors (Lipinski definition) is 3. The summed E-state index contributed by atoms with van der Waals surface area (Å²) in [7, 11) is 0. The zero-order valence-corrected chi connectivity index (χ0v) is 23.7. The normalized spacial score (nSPS) is 16.8. The molecule has 1 unspecified atom stereocenters. The maximum Gasteiger partial charge on any atom is 0.149 e. The van der Waals surface area contributed by atoms with Crippen molar-refractivity contribution in [3.8, 4) is 0 Å². The molecule has 5 aromatic carbocycles. The van der Waals surface area contributed by atoms with Crippen LogP contribution < -0.4 is 5.32 Å². The van der Waals surface area contributed by atoms with Crippen LogP contribution in [0.15, 0.2) is 138 Å². The van der Waals surface area contributed by atoms with E-state index in [-0.39, 0.29) is 6.17 Å². The molecule has 1 N–H and O–H groups in total. The molecule has 42 heavy (non-hydrogen) atoms. The van der Waals surface area contributed by atoms with Crippen LogP contribution in [0.4, 0.5) is 10.7 Å². The molecule has 0 radical (unpaired) electrons. The van der Waals surface area contributed by atoms with Crippen molar-refractivity contribution in [2.45, 2.75) is 19.0 Å². The number of nitrogens with zero attached hydrogens (tertiary/aromatic N) is 2. The third-order valence-electron chi connectivity index (χ3n) is 8.71. The lowest BCUT2D eigenvalue weighted by Crippen LogP contribution is -2.30. The lowest BCUT2D eigenvalue weighted by atomic mass is 9.90. The Morgan fingerprint density at radius 2 is 1.45 bits per heavy atom. The predicted molar refractivity (Wildman–Crippen MR) is 180 cm³/mol. The van der Waals surface area contributed by atoms with Gasteiger partial charge in [-0.2, -0.15) is 0 Å². The minimum atomic E-state index is -0.160. The van der Waals surface area contributed by atoms with E-state index in [1.807, 2.05) is 0 Å². The molecule has 7 aromatic rings. The number of aliphatic imine (C=N–C) groups is 1. The van der Waals surface area contributed by atoms with Gasteiger partial charge in [-0.15, -0.1) is 11.3 Å². The van der Waals surface area contributed by atoms with E-state index in [0.717, 1.165) is 29.2 Å². The molecule has 4 heteroatoms. The van der Waals surface area contributed by atoms with E-state index in [1.165, 1.54) is 59.4 Å². The van der Waals surface area contributed by atoms with E-state index in [1.54, 1.807) is 11.3 Å². The molecule has 1 aliphatic heterocycles. The van der Waals surface area contributed by atoms with Gasteiger partial charge in [-0.05, 0) is 70.7 Å². The van der Waals surface area contributed by atoms with Gasteiger partial charge in [-0.3, -0.25) is 0 Å². The van der Waals surface area contributed by atoms with Gasteiger partial charge in [0.25, 0.3) is 0 Å². The molecule has 1 atom stereocenters. The number of nitrogens with one attached hydrogen (secondary N) is 1. The van der Waals surface area contributed by atoms with Crippen molar-refractivity contribution < 1.29 is 0 Å². The molecule has 9 rings (SSSR count). The van der Waals surface area contributed by atoms with E-state index in [4.69, 9.17) is 4.99 Å². The SMILES string of the molecule is C1=C(C2=Nc3c(sc4ccccc34)NC2n2c3ccccc3c3cc4ccccc4cc32)C=C(c2ccccc2)CC1. The fourth-order valence-corrected chi connectivity index (χ4v) is 7.81. The molecule has 3 nitrogen and oxygen atoms in total. The molecule has 3 heterocycles. The average Bonchev–Trinajstić information content (AvgIpc) is 3.58. The van der Waals surface area contributed by atoms with Crippen LogP contribution >= 0.6 is 11.3 Å². The highest BCUT2D eigenvalue weighted by atomic mass is 32.1. The monoisotopic (exact) mass is 557 g/mol. The summed E-state index contributed by atoms with van der Waals surface area (Å²) in [5.74, 6) is 0. The van der Waals surface area contributed by atoms with Crippen LogP contribution in [-0.4, -0.2) is 10.3 Å². The minimum Gasteiger partial charge on any atom is -0.350 e. The Labute approximate surface area is 247 Å². The summed E-state index contributed by atoms with van der Waals surface area (Å²) in [5.41, 5.74) is 8.39. The van der Waals surface area contributed by atoms with Gasteiger partial charge < -0.3 is 9.88 Å². The summed E-state index contributed by atoms with van der Waals surface area (Å²) in [4.78, 5) is 5.53. The van der Waals surface area contributed by atoms with Crippen molar-refractivity contribution >= 4 is 76.0 Å². The Hall–Kier alpha value is -4.93. The van der Waals surface area contributed by atoms with E-state index in [2.05, 4.69) is 137 Å². The first kappa shape index (κ1) is 23.7. The van der Waals surface area contributed by atoms with Crippen molar-refractivity contribution in [1.29, 1.82) is 0 Å². The Bertz CT molecular complexity index is 2280. The van der Waals surface area contributed by atoms with Gasteiger partial charge in [0.05, 0.1) is 16.7 Å². The number of benzene rings is 5. The van der Waals surface area contributed by atoms with Crippen molar-refractivity contribution in [3.05, 3.63) is 139 Å². The van der Waals surface area contributed by atoms with Gasteiger partial charge in [-0.25, -0.2) is 4.99 Å². The fourth-order valence-electron chi connectivity index (χ4n) is 6.75. The molecule has 0 saturated heterocycles. The van der Waals surface area contributed by atoms with Crippen LogP contribution in [0, 0.1) is 0 Å². The standard InChI is InChI=1S/C38H27N3S/c1-2-11-24(12-3-1)25-15-10-16-28(21-25)35-37(40-38-36(39-35)30-18-7-9-20-34(30)42-38)41-32-19-8-6-17-29(32)31-22-26-13-4-5-14-27(26)23-33(31)41/h1-9,11-14,16-23,37,40H,10,15H2. The number of rotatable bonds is 3. The highest BCUT2D eigenvalue weighted by Crippen LogP contribution is 2.48. The Morgan fingerprint density at radius 1 is 0.714 bits per heavy atom. The third kappa shape index (κ3) is 3.62. The molecule has 0 fully saturated rings. The lowest BCUT2D eigenvalue weighted by molar-refractivity contribution is 0.761. The molecule has 0 bridgehead atoms. The highest BCUT2D eigenvalue weighted by molar-refractivity contribution is 7.23. The van der Waals surface area contributed by atoms with Gasteiger partial charge in [0.2, 0.25) is 0 Å². The Kier molecular flexibility index (Phi) is 5.26. The van der Waals surface area contributed by atoms with Crippen LogP contribution in [0.1, 0.15) is 24.6 Å². The summed E-state index contributed by atoms with van der Waals surface area (Å²) in [6.07, 6.45) is 6.62. The molecule has 1 aliphatic carbocycles. The van der Waals surface area contributed by atoms with Crippen LogP contribution in [0.25, 0.3) is 48.2 Å². The topological polar surface area (TPSA) is 29.3 Å². The molecular formula is C38H27N3S. The van der Waals surface area contributed by atoms with Crippen LogP contribution in [-0.2, 0) is 0 Å². The molecule has 0 saturated carbocycles. The molecular weight excluding hydrogens is 531 g/mol. The maximum atomic E-state index is 5.53. The first-order chi connectivity index (χ1) is 20.8. The van der Waals surface area contributed by atoms with Crippen molar-refractivity contribution in [2.75, 3.05) is 5.32 Å². The first-order valence-corrected chi connectivity index (χ1v) is 15.4. The van der Waals surface area contributed by atoms with Crippen LogP contribution in [0.5, 0.6) is 0 Å². The zero-order chi connectivity index (χ0) is 27.6. The molecule has 200 valence electrons. The van der Waals surface area contributed by atoms with Gasteiger partial charge in [0.15, 0.2) is 0 Å². The van der Waals surface area contributed by atoms with E-state index < -0.39 is 0 Å². The first-order valence-electron chi connectivity index (χ1n) is 14.6. The summed E-state index contributed by atoms with van der Waals surface area (Å²) < 4.78 is 3.74. The molecule has 2 aliphatic rings. The summed E-state index contributed by atoms with van der Waals surface area (Å²) in [6.45, 7) is 0. The number of hydrogen-bond donors (Lipinski definition) is 1. The largest absolute Gasteiger partial charge is 0.350 e. The number of thiophene rings is 1. The quantitative estimate of drug-likeness (QED) is 0.230. The Balaban J connectivity index is 1.32. The summed E-state index contributed by atoms with van der Waals surface area (Å²) in [5, 5.41) is 11.4. The second-order valence-corrected chi connectivity index (χ2v) is 12.2. The second kappa shape index (κ2) is 9.30. The van der Waals surface area contributed by atoms with Gasteiger partial charge in [0.1, 0.15) is 16.9 Å². The van der Waals surface area contributed by atoms with Crippen LogP contribution in [0.2, 0.25) is 0 Å². The summed E-state index contributed by atoms with van der Waals surface area (Å²) in [6, 6.07) is 41.6. The smallest absolute Gasteiger partial charge is 0.149 e. The van der Waals surface area contributed by atoms with Crippen molar-refractivity contribution in [3.63, 3.8) is 0 Å². The van der Waals surface area contributed by atoms with E-state index >= 15 is 0 Å². The van der Waals surface area contributed by atoms with Crippen LogP contribution in [0.3, 0.4) is 0 Å². The van der Waals surface area contributed by atoms with Gasteiger partial charge in [0, 0.05) is 20.9 Å². The zero-order valence-electron chi connectivity index (χ0n) is 22.9. The molecule has 2 aromatic heterocycles. The number of fused-ring (bicyclic) bond motifs is 7. The third-order valence-corrected chi connectivity index (χ3v) is 9.80. The van der Waals surface area contributed by atoms with E-state index in [0.29, 0.717) is 0 Å². The van der Waals surface area contributed by atoms with Gasteiger partial charge in [-0.1, -0.05) is 97.1 Å². The van der Waals surface area contributed by atoms with Gasteiger partial charge >= 0.3 is 0 Å².